The quantitative estimate of drug-likeness (QED) is 0.851. The first-order chi connectivity index (χ1) is 9.81. The first kappa shape index (κ1) is 14.9. The molecule has 0 fully saturated rings. The zero-order valence-corrected chi connectivity index (χ0v) is 10.8. The lowest BCUT2D eigenvalue weighted by Gasteiger charge is -2.13. The maximum atomic E-state index is 13.2. The highest BCUT2D eigenvalue weighted by Crippen LogP contribution is 2.34. The van der Waals surface area contributed by atoms with Crippen molar-refractivity contribution in [3.63, 3.8) is 0 Å². The van der Waals surface area contributed by atoms with Crippen molar-refractivity contribution in [2.75, 3.05) is 18.2 Å². The van der Waals surface area contributed by atoms with E-state index in [1.165, 1.54) is 19.2 Å². The summed E-state index contributed by atoms with van der Waals surface area (Å²) in [4.78, 5) is 3.97. The number of hydrogen-bond acceptors (Lipinski definition) is 4. The van der Waals surface area contributed by atoms with Crippen molar-refractivity contribution >= 4 is 17.2 Å². The van der Waals surface area contributed by atoms with Gasteiger partial charge < -0.3 is 15.8 Å². The van der Waals surface area contributed by atoms with E-state index in [0.717, 1.165) is 12.1 Å². The molecule has 4 nitrogen and oxygen atoms in total. The minimum absolute atomic E-state index is 0.0104. The number of rotatable bonds is 3. The van der Waals surface area contributed by atoms with Gasteiger partial charge in [0.15, 0.2) is 5.82 Å². The average Bonchev–Trinajstić information content (AvgIpc) is 2.42. The van der Waals surface area contributed by atoms with Crippen LogP contribution in [-0.2, 0) is 6.18 Å². The zero-order valence-electron chi connectivity index (χ0n) is 10.8. The predicted molar refractivity (Wildman–Crippen MR) is 69.9 cm³/mol. The van der Waals surface area contributed by atoms with Gasteiger partial charge in [0.1, 0.15) is 5.82 Å². The number of alkyl halides is 3. The van der Waals surface area contributed by atoms with Crippen LogP contribution in [-0.4, -0.2) is 12.1 Å². The Morgan fingerprint density at radius 2 is 1.90 bits per heavy atom. The van der Waals surface area contributed by atoms with Gasteiger partial charge >= 0.3 is 6.18 Å². The minimum atomic E-state index is -4.78. The monoisotopic (exact) mass is 301 g/mol. The molecule has 0 unspecified atom stereocenters. The fourth-order valence-electron chi connectivity index (χ4n) is 1.62. The molecule has 1 aromatic carbocycles. The van der Waals surface area contributed by atoms with Gasteiger partial charge in [-0.1, -0.05) is 0 Å². The highest BCUT2D eigenvalue weighted by atomic mass is 19.4. The summed E-state index contributed by atoms with van der Waals surface area (Å²) in [6.07, 6.45) is -4.78. The highest BCUT2D eigenvalue weighted by molar-refractivity contribution is 5.69. The van der Waals surface area contributed by atoms with E-state index in [0.29, 0.717) is 6.07 Å². The predicted octanol–water partition coefficient (Wildman–Crippen LogP) is 3.57. The minimum Gasteiger partial charge on any atom is -0.481 e. The van der Waals surface area contributed by atoms with Crippen LogP contribution in [0.3, 0.4) is 0 Å². The van der Waals surface area contributed by atoms with Gasteiger partial charge in [-0.05, 0) is 24.3 Å². The van der Waals surface area contributed by atoms with Gasteiger partial charge in [-0.3, -0.25) is 0 Å². The van der Waals surface area contributed by atoms with Crippen LogP contribution in [0.4, 0.5) is 34.8 Å². The third kappa shape index (κ3) is 3.33. The zero-order chi connectivity index (χ0) is 15.6. The Hall–Kier alpha value is -2.51. The molecule has 0 atom stereocenters. The summed E-state index contributed by atoms with van der Waals surface area (Å²) in [5.41, 5.74) is 4.53. The lowest BCUT2D eigenvalue weighted by Crippen LogP contribution is -2.09. The molecule has 3 N–H and O–H groups in total. The standard InChI is InChI=1S/C13H11F4N3O/c1-21-11-5-4-10(18)12(20-11)19-7-2-3-9(14)8(6-7)13(15,16)17/h2-6H,18H2,1H3,(H,19,20). The van der Waals surface area contributed by atoms with E-state index in [9.17, 15) is 17.6 Å². The van der Waals surface area contributed by atoms with Crippen LogP contribution in [0.2, 0.25) is 0 Å². The number of halogens is 4. The van der Waals surface area contributed by atoms with Crippen LogP contribution >= 0.6 is 0 Å². The molecule has 0 saturated heterocycles. The van der Waals surface area contributed by atoms with Crippen molar-refractivity contribution in [2.45, 2.75) is 6.18 Å². The highest BCUT2D eigenvalue weighted by Gasteiger charge is 2.34. The first-order valence-electron chi connectivity index (χ1n) is 5.75. The third-order valence-electron chi connectivity index (χ3n) is 2.64. The molecule has 112 valence electrons. The molecule has 2 aromatic rings. The Balaban J connectivity index is 2.36. The van der Waals surface area contributed by atoms with E-state index in [1.54, 1.807) is 0 Å². The third-order valence-corrected chi connectivity index (χ3v) is 2.64. The number of anilines is 3. The molecule has 0 radical (unpaired) electrons. The number of nitrogen functional groups attached to an aromatic ring is 1. The summed E-state index contributed by atoms with van der Waals surface area (Å²) < 4.78 is 56.0. The number of aromatic nitrogens is 1. The molecular formula is C13H11F4N3O. The molecule has 1 heterocycles. The molecule has 0 aliphatic heterocycles. The van der Waals surface area contributed by atoms with Gasteiger partial charge in [0.2, 0.25) is 5.88 Å². The second-order valence-corrected chi connectivity index (χ2v) is 4.11. The summed E-state index contributed by atoms with van der Waals surface area (Å²) in [6.45, 7) is 0. The molecular weight excluding hydrogens is 290 g/mol. The Morgan fingerprint density at radius 1 is 1.19 bits per heavy atom. The number of ether oxygens (including phenoxy) is 1. The van der Waals surface area contributed by atoms with Gasteiger partial charge in [-0.15, -0.1) is 0 Å². The Morgan fingerprint density at radius 3 is 2.52 bits per heavy atom. The van der Waals surface area contributed by atoms with Crippen molar-refractivity contribution in [1.82, 2.24) is 4.98 Å². The lowest BCUT2D eigenvalue weighted by atomic mass is 10.2. The molecule has 2 rings (SSSR count). The largest absolute Gasteiger partial charge is 0.481 e. The molecule has 21 heavy (non-hydrogen) atoms. The fourth-order valence-corrected chi connectivity index (χ4v) is 1.62. The van der Waals surface area contributed by atoms with Crippen LogP contribution in [0.15, 0.2) is 30.3 Å². The maximum Gasteiger partial charge on any atom is 0.419 e. The molecule has 0 spiro atoms. The average molecular weight is 301 g/mol. The molecule has 0 bridgehead atoms. The second kappa shape index (κ2) is 5.47. The summed E-state index contributed by atoms with van der Waals surface area (Å²) in [5, 5.41) is 2.60. The number of hydrogen-bond donors (Lipinski definition) is 2. The van der Waals surface area contributed by atoms with Gasteiger partial charge in [0.05, 0.1) is 18.4 Å². The number of methoxy groups -OCH3 is 1. The van der Waals surface area contributed by atoms with E-state index >= 15 is 0 Å². The molecule has 0 saturated carbocycles. The lowest BCUT2D eigenvalue weighted by molar-refractivity contribution is -0.139. The van der Waals surface area contributed by atoms with Crippen LogP contribution in [0.25, 0.3) is 0 Å². The van der Waals surface area contributed by atoms with Gasteiger partial charge in [-0.2, -0.15) is 18.2 Å². The Kier molecular flexibility index (Phi) is 3.88. The van der Waals surface area contributed by atoms with E-state index in [1.807, 2.05) is 0 Å². The smallest absolute Gasteiger partial charge is 0.419 e. The maximum absolute atomic E-state index is 13.2. The Labute approximate surface area is 117 Å². The normalized spacial score (nSPS) is 11.3. The summed E-state index contributed by atoms with van der Waals surface area (Å²) in [5.74, 6) is -0.987. The van der Waals surface area contributed by atoms with Gasteiger partial charge in [0.25, 0.3) is 0 Å². The van der Waals surface area contributed by atoms with Gasteiger partial charge in [-0.25, -0.2) is 4.39 Å². The van der Waals surface area contributed by atoms with Crippen LogP contribution in [0, 0.1) is 5.82 Å². The van der Waals surface area contributed by atoms with Crippen LogP contribution < -0.4 is 15.8 Å². The fraction of sp³-hybridized carbons (Fsp3) is 0.154. The van der Waals surface area contributed by atoms with E-state index in [2.05, 4.69) is 10.3 Å². The Bertz CT molecular complexity index is 658. The van der Waals surface area contributed by atoms with Crippen molar-refractivity contribution in [3.8, 4) is 5.88 Å². The molecule has 0 aliphatic rings. The molecule has 1 aromatic heterocycles. The number of nitrogens with two attached hydrogens (primary N) is 1. The van der Waals surface area contributed by atoms with E-state index in [-0.39, 0.29) is 23.1 Å². The molecule has 0 aliphatic carbocycles. The van der Waals surface area contributed by atoms with E-state index < -0.39 is 17.6 Å². The molecule has 0 amide bonds. The van der Waals surface area contributed by atoms with Crippen molar-refractivity contribution < 1.29 is 22.3 Å². The molecule has 8 heteroatoms. The summed E-state index contributed by atoms with van der Waals surface area (Å²) in [6, 6.07) is 5.53. The number of nitrogens with one attached hydrogen (secondary N) is 1. The SMILES string of the molecule is COc1ccc(N)c(Nc2ccc(F)c(C(F)(F)F)c2)n1. The summed E-state index contributed by atoms with van der Waals surface area (Å²) in [7, 11) is 1.39. The van der Waals surface area contributed by atoms with Crippen molar-refractivity contribution in [3.05, 3.63) is 41.7 Å². The van der Waals surface area contributed by atoms with Crippen LogP contribution in [0.5, 0.6) is 5.88 Å². The first-order valence-corrected chi connectivity index (χ1v) is 5.75. The second-order valence-electron chi connectivity index (χ2n) is 4.11. The summed E-state index contributed by atoms with van der Waals surface area (Å²) >= 11 is 0. The topological polar surface area (TPSA) is 60.2 Å². The van der Waals surface area contributed by atoms with Crippen molar-refractivity contribution in [2.24, 2.45) is 0 Å². The number of nitrogens with zero attached hydrogens (tertiary/aromatic N) is 1. The van der Waals surface area contributed by atoms with Gasteiger partial charge in [0, 0.05) is 11.8 Å². The van der Waals surface area contributed by atoms with E-state index in [4.69, 9.17) is 10.5 Å². The van der Waals surface area contributed by atoms with Crippen molar-refractivity contribution in [1.29, 1.82) is 0 Å². The number of benzene rings is 1. The van der Waals surface area contributed by atoms with Crippen LogP contribution in [0.1, 0.15) is 5.56 Å². The number of pyridine rings is 1.